The van der Waals surface area contributed by atoms with E-state index in [4.69, 9.17) is 0 Å². The molecule has 3 aromatic rings. The molecule has 1 atom stereocenters. The maximum Gasteiger partial charge on any atom is 0.251 e. The summed E-state index contributed by atoms with van der Waals surface area (Å²) in [6, 6.07) is 7.34. The van der Waals surface area contributed by atoms with E-state index in [0.29, 0.717) is 18.5 Å². The van der Waals surface area contributed by atoms with Crippen molar-refractivity contribution < 1.29 is 9.90 Å². The zero-order valence-electron chi connectivity index (χ0n) is 17.6. The number of piperidine rings is 1. The number of carbonyl (C=O) groups is 1. The predicted octanol–water partition coefficient (Wildman–Crippen LogP) is 2.55. The molecule has 1 saturated heterocycles. The molecule has 8 heteroatoms. The summed E-state index contributed by atoms with van der Waals surface area (Å²) in [6.45, 7) is 7.49. The van der Waals surface area contributed by atoms with Gasteiger partial charge in [0.25, 0.3) is 5.91 Å². The predicted molar refractivity (Wildman–Crippen MR) is 116 cm³/mol. The van der Waals surface area contributed by atoms with Crippen LogP contribution in [0.3, 0.4) is 0 Å². The number of hydrogen-bond acceptors (Lipinski definition) is 6. The first-order valence-corrected chi connectivity index (χ1v) is 10.4. The minimum Gasteiger partial charge on any atom is -0.386 e. The van der Waals surface area contributed by atoms with Crippen LogP contribution in [0.15, 0.2) is 30.6 Å². The van der Waals surface area contributed by atoms with E-state index in [1.165, 1.54) is 6.33 Å². The second kappa shape index (κ2) is 8.02. The minimum absolute atomic E-state index is 0.185. The van der Waals surface area contributed by atoms with Gasteiger partial charge < -0.3 is 20.3 Å². The Kier molecular flexibility index (Phi) is 5.42. The molecule has 30 heavy (non-hydrogen) atoms. The summed E-state index contributed by atoms with van der Waals surface area (Å²) >= 11 is 0. The van der Waals surface area contributed by atoms with Gasteiger partial charge in [-0.15, -0.1) is 0 Å². The molecule has 8 nitrogen and oxygen atoms in total. The number of nitrogens with zero attached hydrogens (tertiary/aromatic N) is 4. The average molecular weight is 409 g/mol. The van der Waals surface area contributed by atoms with Crippen molar-refractivity contribution in [1.29, 1.82) is 0 Å². The van der Waals surface area contributed by atoms with Crippen molar-refractivity contribution in [3.8, 4) is 0 Å². The van der Waals surface area contributed by atoms with E-state index in [2.05, 4.69) is 44.0 Å². The van der Waals surface area contributed by atoms with Gasteiger partial charge in [0.15, 0.2) is 0 Å². The van der Waals surface area contributed by atoms with Gasteiger partial charge in [-0.1, -0.05) is 13.8 Å². The maximum absolute atomic E-state index is 12.7. The zero-order valence-corrected chi connectivity index (χ0v) is 17.6. The van der Waals surface area contributed by atoms with Gasteiger partial charge in [-0.05, 0) is 38.0 Å². The summed E-state index contributed by atoms with van der Waals surface area (Å²) in [6.07, 6.45) is 3.00. The number of hydrogen-bond donors (Lipinski definition) is 3. The number of nitrogens with one attached hydrogen (secondary N) is 2. The molecule has 2 aromatic heterocycles. The summed E-state index contributed by atoms with van der Waals surface area (Å²) in [7, 11) is 0. The number of fused-ring (bicyclic) bond motifs is 1. The Labute approximate surface area is 175 Å². The van der Waals surface area contributed by atoms with E-state index < -0.39 is 5.60 Å². The van der Waals surface area contributed by atoms with Crippen LogP contribution in [-0.2, 0) is 0 Å². The van der Waals surface area contributed by atoms with Crippen LogP contribution in [0.5, 0.6) is 0 Å². The minimum atomic E-state index is -1.00. The molecule has 1 aliphatic rings. The monoisotopic (exact) mass is 408 g/mol. The van der Waals surface area contributed by atoms with Crippen LogP contribution in [-0.4, -0.2) is 56.2 Å². The van der Waals surface area contributed by atoms with Crippen molar-refractivity contribution in [2.24, 2.45) is 0 Å². The topological polar surface area (TPSA) is 107 Å². The first-order valence-electron chi connectivity index (χ1n) is 10.4. The Morgan fingerprint density at radius 1 is 1.33 bits per heavy atom. The molecule has 1 unspecified atom stereocenters. The number of rotatable bonds is 5. The van der Waals surface area contributed by atoms with Crippen LogP contribution in [0, 0.1) is 6.92 Å². The molecule has 1 aliphatic heterocycles. The number of carbonyl (C=O) groups excluding carboxylic acids is 1. The summed E-state index contributed by atoms with van der Waals surface area (Å²) in [5.74, 6) is 1.79. The SMILES string of the molecule is Cc1cc(N2CCCC(O)(CNC(=O)c3ccc4nc(C(C)C)[nH]c4c3)C2)ncn1. The zero-order chi connectivity index (χ0) is 21.3. The molecule has 0 aliphatic carbocycles. The maximum atomic E-state index is 12.7. The molecule has 3 heterocycles. The van der Waals surface area contributed by atoms with Crippen LogP contribution in [0.2, 0.25) is 0 Å². The Morgan fingerprint density at radius 2 is 2.17 bits per heavy atom. The number of amides is 1. The fraction of sp³-hybridized carbons (Fsp3) is 0.455. The number of benzene rings is 1. The molecule has 158 valence electrons. The first kappa shape index (κ1) is 20.3. The van der Waals surface area contributed by atoms with Crippen molar-refractivity contribution >= 4 is 22.8 Å². The van der Waals surface area contributed by atoms with E-state index >= 15 is 0 Å². The highest BCUT2D eigenvalue weighted by Crippen LogP contribution is 2.25. The van der Waals surface area contributed by atoms with Crippen LogP contribution in [0.4, 0.5) is 5.82 Å². The standard InChI is InChI=1S/C22H28N6O2/c1-14(2)20-26-17-6-5-16(10-18(17)27-20)21(29)23-11-22(30)7-4-8-28(12-22)19-9-15(3)24-13-25-19/h5-6,9-10,13-14,30H,4,7-8,11-12H2,1-3H3,(H,23,29)(H,26,27). The number of aromatic amines is 1. The van der Waals surface area contributed by atoms with Gasteiger partial charge in [-0.3, -0.25) is 4.79 Å². The van der Waals surface area contributed by atoms with E-state index in [-0.39, 0.29) is 18.4 Å². The lowest BCUT2D eigenvalue weighted by Gasteiger charge is -2.39. The lowest BCUT2D eigenvalue weighted by Crippen LogP contribution is -2.54. The van der Waals surface area contributed by atoms with Crippen molar-refractivity contribution in [2.75, 3.05) is 24.5 Å². The Bertz CT molecular complexity index is 1060. The summed E-state index contributed by atoms with van der Waals surface area (Å²) in [5.41, 5.74) is 2.11. The number of imidazole rings is 1. The second-order valence-electron chi connectivity index (χ2n) is 8.46. The Morgan fingerprint density at radius 3 is 2.93 bits per heavy atom. The van der Waals surface area contributed by atoms with Gasteiger partial charge in [0, 0.05) is 42.9 Å². The number of aryl methyl sites for hydroxylation is 1. The van der Waals surface area contributed by atoms with Crippen molar-refractivity contribution in [1.82, 2.24) is 25.3 Å². The second-order valence-corrected chi connectivity index (χ2v) is 8.46. The summed E-state index contributed by atoms with van der Waals surface area (Å²) in [5, 5.41) is 14.0. The molecule has 0 radical (unpaired) electrons. The molecular weight excluding hydrogens is 380 g/mol. The fourth-order valence-electron chi connectivity index (χ4n) is 3.86. The number of β-amino-alcohol motifs (C(OH)–C–C–N with tert-alkyl or cyclic N) is 1. The summed E-state index contributed by atoms with van der Waals surface area (Å²) < 4.78 is 0. The largest absolute Gasteiger partial charge is 0.386 e. The molecule has 1 amide bonds. The third-order valence-electron chi connectivity index (χ3n) is 5.56. The highest BCUT2D eigenvalue weighted by atomic mass is 16.3. The van der Waals surface area contributed by atoms with E-state index in [0.717, 1.165) is 41.3 Å². The number of aromatic nitrogens is 4. The molecule has 4 rings (SSSR count). The van der Waals surface area contributed by atoms with Crippen LogP contribution >= 0.6 is 0 Å². The van der Waals surface area contributed by atoms with Crippen LogP contribution in [0.1, 0.15) is 54.5 Å². The van der Waals surface area contributed by atoms with E-state index in [1.807, 2.05) is 25.1 Å². The first-order chi connectivity index (χ1) is 14.3. The molecule has 1 aromatic carbocycles. The molecular formula is C22H28N6O2. The average Bonchev–Trinajstić information content (AvgIpc) is 3.16. The molecule has 3 N–H and O–H groups in total. The Balaban J connectivity index is 1.43. The highest BCUT2D eigenvalue weighted by Gasteiger charge is 2.34. The normalized spacial score (nSPS) is 19.4. The number of aliphatic hydroxyl groups is 1. The van der Waals surface area contributed by atoms with Gasteiger partial charge in [-0.25, -0.2) is 15.0 Å². The molecule has 0 saturated carbocycles. The van der Waals surface area contributed by atoms with Crippen LogP contribution < -0.4 is 10.2 Å². The fourth-order valence-corrected chi connectivity index (χ4v) is 3.86. The number of anilines is 1. The Hall–Kier alpha value is -3.00. The third kappa shape index (κ3) is 4.28. The van der Waals surface area contributed by atoms with E-state index in [9.17, 15) is 9.90 Å². The smallest absolute Gasteiger partial charge is 0.251 e. The van der Waals surface area contributed by atoms with Gasteiger partial charge in [0.1, 0.15) is 18.0 Å². The lowest BCUT2D eigenvalue weighted by molar-refractivity contribution is 0.0254. The van der Waals surface area contributed by atoms with Crippen LogP contribution in [0.25, 0.3) is 11.0 Å². The van der Waals surface area contributed by atoms with Crippen molar-refractivity contribution in [3.63, 3.8) is 0 Å². The van der Waals surface area contributed by atoms with Crippen molar-refractivity contribution in [2.45, 2.75) is 45.1 Å². The van der Waals surface area contributed by atoms with Gasteiger partial charge in [0.2, 0.25) is 0 Å². The van der Waals surface area contributed by atoms with E-state index in [1.54, 1.807) is 6.07 Å². The molecule has 1 fully saturated rings. The van der Waals surface area contributed by atoms with Gasteiger partial charge in [-0.2, -0.15) is 0 Å². The van der Waals surface area contributed by atoms with Gasteiger partial charge >= 0.3 is 0 Å². The summed E-state index contributed by atoms with van der Waals surface area (Å²) in [4.78, 5) is 31.0. The van der Waals surface area contributed by atoms with Gasteiger partial charge in [0.05, 0.1) is 16.6 Å². The quantitative estimate of drug-likeness (QED) is 0.599. The van der Waals surface area contributed by atoms with Crippen molar-refractivity contribution in [3.05, 3.63) is 47.7 Å². The molecule has 0 bridgehead atoms. The lowest BCUT2D eigenvalue weighted by atomic mass is 9.92. The highest BCUT2D eigenvalue weighted by molar-refractivity contribution is 5.97. The number of H-pyrrole nitrogens is 1. The molecule has 0 spiro atoms. The third-order valence-corrected chi connectivity index (χ3v) is 5.56.